The number of rotatable bonds is 7. The minimum absolute atomic E-state index is 0.0332. The minimum Gasteiger partial charge on any atom is -0.343 e. The van der Waals surface area contributed by atoms with Crippen LogP contribution in [0.1, 0.15) is 37.0 Å². The Morgan fingerprint density at radius 2 is 1.75 bits per heavy atom. The highest BCUT2D eigenvalue weighted by atomic mass is 79.9. The third kappa shape index (κ3) is 4.96. The lowest BCUT2D eigenvalue weighted by Crippen LogP contribution is -2.41. The Kier molecular flexibility index (Phi) is 7.30. The summed E-state index contributed by atoms with van der Waals surface area (Å²) < 4.78 is 0.726. The molecule has 0 spiro atoms. The number of benzene rings is 1. The molecule has 4 nitrogen and oxygen atoms in total. The quantitative estimate of drug-likeness (QED) is 0.829. The Morgan fingerprint density at radius 3 is 2.30 bits per heavy atom. The van der Waals surface area contributed by atoms with Crippen LogP contribution in [0.2, 0.25) is 0 Å². The Morgan fingerprint density at radius 1 is 1.15 bits per heavy atom. The molecule has 0 aromatic heterocycles. The summed E-state index contributed by atoms with van der Waals surface area (Å²) in [5, 5.41) is 2.68. The summed E-state index contributed by atoms with van der Waals surface area (Å²) in [6, 6.07) is 7.16. The smallest absolute Gasteiger partial charge is 0.252 e. The molecule has 110 valence electrons. The van der Waals surface area contributed by atoms with E-state index in [2.05, 4.69) is 21.2 Å². The van der Waals surface area contributed by atoms with E-state index in [9.17, 15) is 9.59 Å². The zero-order chi connectivity index (χ0) is 15.0. The molecule has 0 saturated carbocycles. The van der Waals surface area contributed by atoms with Gasteiger partial charge in [0.25, 0.3) is 5.91 Å². The van der Waals surface area contributed by atoms with Crippen molar-refractivity contribution in [2.75, 3.05) is 19.6 Å². The topological polar surface area (TPSA) is 49.4 Å². The lowest BCUT2D eigenvalue weighted by Gasteiger charge is -2.21. The van der Waals surface area contributed by atoms with Crippen LogP contribution in [0.3, 0.4) is 0 Å². The normalized spacial score (nSPS) is 10.2. The van der Waals surface area contributed by atoms with E-state index in [4.69, 9.17) is 0 Å². The number of nitrogens with one attached hydrogen (secondary N) is 1. The van der Waals surface area contributed by atoms with E-state index in [1.54, 1.807) is 23.1 Å². The molecule has 1 rings (SSSR count). The Labute approximate surface area is 128 Å². The standard InChI is InChI=1S/C15H21BrN2O2/c1-3-9-18(10-4-2)14(19)11-17-15(20)12-7-5-6-8-13(12)16/h5-8H,3-4,9-11H2,1-2H3,(H,17,20). The Balaban J connectivity index is 2.55. The fourth-order valence-corrected chi connectivity index (χ4v) is 2.37. The molecule has 0 radical (unpaired) electrons. The van der Waals surface area contributed by atoms with Crippen LogP contribution in [0.15, 0.2) is 28.7 Å². The van der Waals surface area contributed by atoms with Crippen molar-refractivity contribution in [1.29, 1.82) is 0 Å². The van der Waals surface area contributed by atoms with Crippen LogP contribution in [-0.4, -0.2) is 36.3 Å². The van der Waals surface area contributed by atoms with Crippen molar-refractivity contribution in [2.24, 2.45) is 0 Å². The van der Waals surface area contributed by atoms with Crippen molar-refractivity contribution >= 4 is 27.7 Å². The number of nitrogens with zero attached hydrogens (tertiary/aromatic N) is 1. The highest BCUT2D eigenvalue weighted by molar-refractivity contribution is 9.10. The van der Waals surface area contributed by atoms with Crippen molar-refractivity contribution in [2.45, 2.75) is 26.7 Å². The largest absolute Gasteiger partial charge is 0.343 e. The molecular formula is C15H21BrN2O2. The van der Waals surface area contributed by atoms with Gasteiger partial charge in [0.2, 0.25) is 5.91 Å². The molecule has 0 bridgehead atoms. The number of halogens is 1. The summed E-state index contributed by atoms with van der Waals surface area (Å²) in [6.45, 7) is 5.58. The van der Waals surface area contributed by atoms with Gasteiger partial charge in [-0.05, 0) is 40.9 Å². The summed E-state index contributed by atoms with van der Waals surface area (Å²) in [4.78, 5) is 25.8. The fourth-order valence-electron chi connectivity index (χ4n) is 1.91. The molecule has 0 aliphatic heterocycles. The maximum atomic E-state index is 12.0. The highest BCUT2D eigenvalue weighted by Gasteiger charge is 2.14. The van der Waals surface area contributed by atoms with Gasteiger partial charge in [-0.3, -0.25) is 9.59 Å². The second-order valence-electron chi connectivity index (χ2n) is 4.54. The first-order valence-electron chi connectivity index (χ1n) is 6.90. The van der Waals surface area contributed by atoms with Gasteiger partial charge in [-0.2, -0.15) is 0 Å². The first-order chi connectivity index (χ1) is 9.60. The van der Waals surface area contributed by atoms with E-state index in [-0.39, 0.29) is 18.4 Å². The zero-order valence-corrected chi connectivity index (χ0v) is 13.6. The molecule has 0 atom stereocenters. The summed E-state index contributed by atoms with van der Waals surface area (Å²) >= 11 is 3.33. The van der Waals surface area contributed by atoms with Gasteiger partial charge in [0.15, 0.2) is 0 Å². The van der Waals surface area contributed by atoms with Gasteiger partial charge < -0.3 is 10.2 Å². The van der Waals surface area contributed by atoms with Crippen LogP contribution < -0.4 is 5.32 Å². The maximum absolute atomic E-state index is 12.0. The van der Waals surface area contributed by atoms with Crippen LogP contribution in [0, 0.1) is 0 Å². The number of hydrogen-bond donors (Lipinski definition) is 1. The fraction of sp³-hybridized carbons (Fsp3) is 0.467. The molecule has 20 heavy (non-hydrogen) atoms. The van der Waals surface area contributed by atoms with Crippen molar-refractivity contribution in [3.63, 3.8) is 0 Å². The van der Waals surface area contributed by atoms with Crippen molar-refractivity contribution in [3.05, 3.63) is 34.3 Å². The molecule has 0 aliphatic carbocycles. The molecule has 0 saturated heterocycles. The molecule has 5 heteroatoms. The Bertz CT molecular complexity index is 457. The number of carbonyl (C=O) groups is 2. The van der Waals surface area contributed by atoms with E-state index in [0.717, 1.165) is 30.4 Å². The second-order valence-corrected chi connectivity index (χ2v) is 5.40. The van der Waals surface area contributed by atoms with Crippen LogP contribution in [0.25, 0.3) is 0 Å². The first-order valence-corrected chi connectivity index (χ1v) is 7.69. The van der Waals surface area contributed by atoms with E-state index in [1.807, 2.05) is 19.9 Å². The SMILES string of the molecule is CCCN(CCC)C(=O)CNC(=O)c1ccccc1Br. The molecule has 2 amide bonds. The maximum Gasteiger partial charge on any atom is 0.252 e. The van der Waals surface area contributed by atoms with Gasteiger partial charge in [-0.25, -0.2) is 0 Å². The predicted molar refractivity (Wildman–Crippen MR) is 83.6 cm³/mol. The summed E-state index contributed by atoms with van der Waals surface area (Å²) in [5.74, 6) is -0.270. The Hall–Kier alpha value is -1.36. The van der Waals surface area contributed by atoms with Crippen LogP contribution >= 0.6 is 15.9 Å². The average molecular weight is 341 g/mol. The van der Waals surface area contributed by atoms with Crippen LogP contribution in [0.5, 0.6) is 0 Å². The number of carbonyl (C=O) groups excluding carboxylic acids is 2. The van der Waals surface area contributed by atoms with Crippen molar-refractivity contribution in [3.8, 4) is 0 Å². The number of amides is 2. The van der Waals surface area contributed by atoms with E-state index in [0.29, 0.717) is 5.56 Å². The monoisotopic (exact) mass is 340 g/mol. The molecular weight excluding hydrogens is 320 g/mol. The van der Waals surface area contributed by atoms with Crippen molar-refractivity contribution < 1.29 is 9.59 Å². The van der Waals surface area contributed by atoms with Crippen molar-refractivity contribution in [1.82, 2.24) is 10.2 Å². The van der Waals surface area contributed by atoms with Gasteiger partial charge in [-0.1, -0.05) is 26.0 Å². The average Bonchev–Trinajstić information content (AvgIpc) is 2.44. The van der Waals surface area contributed by atoms with E-state index in [1.165, 1.54) is 0 Å². The van der Waals surface area contributed by atoms with Crippen LogP contribution in [-0.2, 0) is 4.79 Å². The highest BCUT2D eigenvalue weighted by Crippen LogP contribution is 2.15. The minimum atomic E-state index is -0.237. The lowest BCUT2D eigenvalue weighted by atomic mass is 10.2. The zero-order valence-electron chi connectivity index (χ0n) is 12.0. The van der Waals surface area contributed by atoms with Gasteiger partial charge in [0.05, 0.1) is 12.1 Å². The van der Waals surface area contributed by atoms with Gasteiger partial charge in [0.1, 0.15) is 0 Å². The number of hydrogen-bond acceptors (Lipinski definition) is 2. The summed E-state index contributed by atoms with van der Waals surface area (Å²) in [5.41, 5.74) is 0.540. The lowest BCUT2D eigenvalue weighted by molar-refractivity contribution is -0.130. The van der Waals surface area contributed by atoms with E-state index >= 15 is 0 Å². The third-order valence-corrected chi connectivity index (χ3v) is 3.55. The summed E-state index contributed by atoms with van der Waals surface area (Å²) in [6.07, 6.45) is 1.84. The van der Waals surface area contributed by atoms with E-state index < -0.39 is 0 Å². The molecule has 1 aromatic rings. The van der Waals surface area contributed by atoms with Gasteiger partial charge in [0, 0.05) is 17.6 Å². The molecule has 1 N–H and O–H groups in total. The first kappa shape index (κ1) is 16.7. The van der Waals surface area contributed by atoms with Gasteiger partial charge in [-0.15, -0.1) is 0 Å². The van der Waals surface area contributed by atoms with Gasteiger partial charge >= 0.3 is 0 Å². The molecule has 0 heterocycles. The molecule has 0 unspecified atom stereocenters. The summed E-state index contributed by atoms with van der Waals surface area (Å²) in [7, 11) is 0. The van der Waals surface area contributed by atoms with Crippen LogP contribution in [0.4, 0.5) is 0 Å². The molecule has 0 fully saturated rings. The predicted octanol–water partition coefficient (Wildman–Crippen LogP) is 2.83. The second kappa shape index (κ2) is 8.74. The molecule has 0 aliphatic rings. The molecule has 1 aromatic carbocycles. The third-order valence-electron chi connectivity index (χ3n) is 2.86.